The molecule has 1 rings (SSSR count). The Balaban J connectivity index is 2.06. The number of amides is 2. The second-order valence-corrected chi connectivity index (χ2v) is 5.26. The van der Waals surface area contributed by atoms with Crippen LogP contribution in [0.25, 0.3) is 0 Å². The van der Waals surface area contributed by atoms with Crippen LogP contribution in [0.4, 0.5) is 4.79 Å². The number of carbonyl (C=O) groups excluding carboxylic acids is 1. The molecule has 0 atom stereocenters. The molecule has 6 heteroatoms. The van der Waals surface area contributed by atoms with Crippen molar-refractivity contribution in [2.45, 2.75) is 51.0 Å². The van der Waals surface area contributed by atoms with Gasteiger partial charge in [0.25, 0.3) is 0 Å². The first-order valence-electron chi connectivity index (χ1n) is 6.87. The average Bonchev–Trinajstić information content (AvgIpc) is 2.33. The molecule has 0 aliphatic carbocycles. The van der Waals surface area contributed by atoms with Gasteiger partial charge in [0.15, 0.2) is 0 Å². The maximum atomic E-state index is 11.7. The van der Waals surface area contributed by atoms with Gasteiger partial charge in [-0.25, -0.2) is 4.79 Å². The van der Waals surface area contributed by atoms with Gasteiger partial charge in [-0.3, -0.25) is 4.79 Å². The molecular weight excluding hydrogens is 248 g/mol. The fourth-order valence-electron chi connectivity index (χ4n) is 2.05. The number of carboxylic acids is 1. The minimum Gasteiger partial charge on any atom is -0.481 e. The fraction of sp³-hybridized carbons (Fsp3) is 0.846. The van der Waals surface area contributed by atoms with Crippen molar-refractivity contribution in [2.75, 3.05) is 19.8 Å². The van der Waals surface area contributed by atoms with Gasteiger partial charge in [-0.15, -0.1) is 0 Å². The van der Waals surface area contributed by atoms with E-state index in [1.165, 1.54) is 0 Å². The first-order chi connectivity index (χ1) is 9.02. The summed E-state index contributed by atoms with van der Waals surface area (Å²) >= 11 is 0. The van der Waals surface area contributed by atoms with Gasteiger partial charge in [0.1, 0.15) is 0 Å². The molecule has 0 bridgehead atoms. The predicted octanol–water partition coefficient (Wildman–Crippen LogP) is 1.50. The van der Waals surface area contributed by atoms with Crippen LogP contribution in [0.3, 0.4) is 0 Å². The van der Waals surface area contributed by atoms with Crippen LogP contribution in [0.2, 0.25) is 0 Å². The van der Waals surface area contributed by atoms with Crippen LogP contribution < -0.4 is 10.6 Å². The maximum absolute atomic E-state index is 11.7. The quantitative estimate of drug-likeness (QED) is 0.613. The van der Waals surface area contributed by atoms with Crippen LogP contribution in [0, 0.1) is 0 Å². The van der Waals surface area contributed by atoms with Crippen LogP contribution in [-0.2, 0) is 9.53 Å². The van der Waals surface area contributed by atoms with Crippen molar-refractivity contribution < 1.29 is 19.4 Å². The van der Waals surface area contributed by atoms with Gasteiger partial charge in [0.2, 0.25) is 0 Å². The number of hydrogen-bond acceptors (Lipinski definition) is 3. The average molecular weight is 272 g/mol. The summed E-state index contributed by atoms with van der Waals surface area (Å²) in [7, 11) is 0. The molecule has 2 amide bonds. The highest BCUT2D eigenvalue weighted by Crippen LogP contribution is 2.19. The molecule has 0 unspecified atom stereocenters. The number of ether oxygens (including phenoxy) is 1. The summed E-state index contributed by atoms with van der Waals surface area (Å²) in [6.07, 6.45) is 4.15. The summed E-state index contributed by atoms with van der Waals surface area (Å²) in [6, 6.07) is -0.150. The highest BCUT2D eigenvalue weighted by Gasteiger charge is 2.28. The summed E-state index contributed by atoms with van der Waals surface area (Å²) in [5, 5.41) is 14.3. The molecule has 1 heterocycles. The topological polar surface area (TPSA) is 87.7 Å². The van der Waals surface area contributed by atoms with Crippen molar-refractivity contribution >= 4 is 12.0 Å². The Labute approximate surface area is 113 Å². The van der Waals surface area contributed by atoms with E-state index in [0.29, 0.717) is 26.2 Å². The first kappa shape index (κ1) is 15.8. The highest BCUT2D eigenvalue weighted by atomic mass is 16.5. The smallest absolute Gasteiger partial charge is 0.315 e. The molecular formula is C13H24N2O4. The Morgan fingerprint density at radius 3 is 2.53 bits per heavy atom. The number of aliphatic carboxylic acids is 1. The van der Waals surface area contributed by atoms with Crippen molar-refractivity contribution in [3.8, 4) is 0 Å². The lowest BCUT2D eigenvalue weighted by Gasteiger charge is -2.34. The van der Waals surface area contributed by atoms with E-state index in [-0.39, 0.29) is 18.0 Å². The number of carbonyl (C=O) groups is 2. The maximum Gasteiger partial charge on any atom is 0.315 e. The van der Waals surface area contributed by atoms with E-state index in [1.807, 2.05) is 6.92 Å². The van der Waals surface area contributed by atoms with E-state index in [0.717, 1.165) is 25.7 Å². The molecule has 0 saturated carbocycles. The van der Waals surface area contributed by atoms with Crippen LogP contribution in [0.1, 0.15) is 45.4 Å². The molecule has 0 aromatic rings. The number of unbranched alkanes of at least 4 members (excludes halogenated alkanes) is 2. The van der Waals surface area contributed by atoms with Gasteiger partial charge >= 0.3 is 12.0 Å². The minimum absolute atomic E-state index is 0.150. The van der Waals surface area contributed by atoms with E-state index in [9.17, 15) is 9.59 Å². The Morgan fingerprint density at radius 2 is 1.89 bits per heavy atom. The Bertz CT molecular complexity index is 301. The highest BCUT2D eigenvalue weighted by molar-refractivity contribution is 5.74. The lowest BCUT2D eigenvalue weighted by Crippen LogP contribution is -2.53. The largest absolute Gasteiger partial charge is 0.481 e. The minimum atomic E-state index is -0.766. The normalized spacial score (nSPS) is 17.7. The molecule has 1 aliphatic rings. The fourth-order valence-corrected chi connectivity index (χ4v) is 2.05. The summed E-state index contributed by atoms with van der Waals surface area (Å²) < 4.78 is 5.27. The van der Waals surface area contributed by atoms with Crippen LogP contribution in [-0.4, -0.2) is 42.4 Å². The Hall–Kier alpha value is -1.30. The van der Waals surface area contributed by atoms with Crippen LogP contribution in [0.15, 0.2) is 0 Å². The zero-order chi connectivity index (χ0) is 14.1. The van der Waals surface area contributed by atoms with E-state index in [2.05, 4.69) is 10.6 Å². The van der Waals surface area contributed by atoms with Crippen molar-refractivity contribution in [1.29, 1.82) is 0 Å². The molecule has 110 valence electrons. The van der Waals surface area contributed by atoms with Gasteiger partial charge in [-0.1, -0.05) is 6.42 Å². The van der Waals surface area contributed by atoms with Gasteiger partial charge in [-0.05, 0) is 32.6 Å². The zero-order valence-electron chi connectivity index (χ0n) is 11.5. The summed E-state index contributed by atoms with van der Waals surface area (Å²) in [4.78, 5) is 22.0. The van der Waals surface area contributed by atoms with Crippen molar-refractivity contribution in [2.24, 2.45) is 0 Å². The zero-order valence-corrected chi connectivity index (χ0v) is 11.5. The van der Waals surface area contributed by atoms with E-state index >= 15 is 0 Å². The summed E-state index contributed by atoms with van der Waals surface area (Å²) in [6.45, 7) is 3.98. The molecule has 0 aromatic carbocycles. The van der Waals surface area contributed by atoms with Crippen molar-refractivity contribution in [3.05, 3.63) is 0 Å². The SMILES string of the molecule is CC1(NC(=O)NCCCCCC(=O)O)CCOCC1. The third-order valence-corrected chi connectivity index (χ3v) is 3.36. The first-order valence-corrected chi connectivity index (χ1v) is 6.87. The number of hydrogen-bond donors (Lipinski definition) is 3. The van der Waals surface area contributed by atoms with Gasteiger partial charge in [0.05, 0.1) is 0 Å². The van der Waals surface area contributed by atoms with Crippen LogP contribution in [0.5, 0.6) is 0 Å². The van der Waals surface area contributed by atoms with Crippen molar-refractivity contribution in [3.63, 3.8) is 0 Å². The monoisotopic (exact) mass is 272 g/mol. The molecule has 0 aromatic heterocycles. The second-order valence-electron chi connectivity index (χ2n) is 5.26. The molecule has 0 spiro atoms. The van der Waals surface area contributed by atoms with E-state index in [1.54, 1.807) is 0 Å². The standard InChI is InChI=1S/C13H24N2O4/c1-13(6-9-19-10-7-13)15-12(18)14-8-4-2-3-5-11(16)17/h2-10H2,1H3,(H,16,17)(H2,14,15,18). The number of nitrogens with one attached hydrogen (secondary N) is 2. The Morgan fingerprint density at radius 1 is 1.21 bits per heavy atom. The lowest BCUT2D eigenvalue weighted by atomic mass is 9.93. The lowest BCUT2D eigenvalue weighted by molar-refractivity contribution is -0.137. The summed E-state index contributed by atoms with van der Waals surface area (Å²) in [5.74, 6) is -0.766. The third-order valence-electron chi connectivity index (χ3n) is 3.36. The van der Waals surface area contributed by atoms with Gasteiger partial charge in [0, 0.05) is 31.7 Å². The Kier molecular flexibility index (Phi) is 6.62. The molecule has 6 nitrogen and oxygen atoms in total. The van der Waals surface area contributed by atoms with Gasteiger partial charge in [-0.2, -0.15) is 0 Å². The van der Waals surface area contributed by atoms with Gasteiger partial charge < -0.3 is 20.5 Å². The van der Waals surface area contributed by atoms with E-state index in [4.69, 9.17) is 9.84 Å². The molecule has 3 N–H and O–H groups in total. The molecule has 1 saturated heterocycles. The summed E-state index contributed by atoms with van der Waals surface area (Å²) in [5.41, 5.74) is -0.175. The van der Waals surface area contributed by atoms with Crippen molar-refractivity contribution in [1.82, 2.24) is 10.6 Å². The number of urea groups is 1. The molecule has 0 radical (unpaired) electrons. The molecule has 1 fully saturated rings. The number of carboxylic acid groups (broad SMARTS) is 1. The second kappa shape index (κ2) is 7.99. The van der Waals surface area contributed by atoms with Crippen LogP contribution >= 0.6 is 0 Å². The molecule has 19 heavy (non-hydrogen) atoms. The molecule has 1 aliphatic heterocycles. The third kappa shape index (κ3) is 7.00. The van der Waals surface area contributed by atoms with E-state index < -0.39 is 5.97 Å². The predicted molar refractivity (Wildman–Crippen MR) is 71.1 cm³/mol. The number of rotatable bonds is 7.